The summed E-state index contributed by atoms with van der Waals surface area (Å²) < 4.78 is 12.1. The fourth-order valence-corrected chi connectivity index (χ4v) is 4.47. The quantitative estimate of drug-likeness (QED) is 0.384. The van der Waals surface area contributed by atoms with E-state index in [0.29, 0.717) is 24.1 Å². The molecule has 0 radical (unpaired) electrons. The number of benzene rings is 1. The van der Waals surface area contributed by atoms with Crippen LogP contribution in [0.5, 0.6) is 0 Å². The van der Waals surface area contributed by atoms with E-state index in [1.165, 1.54) is 18.6 Å². The van der Waals surface area contributed by atoms with Crippen LogP contribution in [-0.2, 0) is 16.6 Å². The lowest BCUT2D eigenvalue weighted by Gasteiger charge is -2.24. The van der Waals surface area contributed by atoms with Gasteiger partial charge < -0.3 is 10.6 Å². The first-order chi connectivity index (χ1) is 10.8. The Hall–Kier alpha value is -0.280. The molecule has 2 unspecified atom stereocenters. The Morgan fingerprint density at radius 1 is 1.39 bits per heavy atom. The van der Waals surface area contributed by atoms with Crippen LogP contribution in [0.15, 0.2) is 35.3 Å². The largest absolute Gasteiger partial charge is 0.355 e. The van der Waals surface area contributed by atoms with E-state index in [9.17, 15) is 4.21 Å². The number of rotatable bonds is 6. The highest BCUT2D eigenvalue weighted by atomic mass is 127. The highest BCUT2D eigenvalue weighted by Gasteiger charge is 2.14. The molecule has 130 valence electrons. The summed E-state index contributed by atoms with van der Waals surface area (Å²) in [4.78, 5) is 4.25. The van der Waals surface area contributed by atoms with Crippen LogP contribution in [0.3, 0.4) is 0 Å². The lowest BCUT2D eigenvalue weighted by Crippen LogP contribution is -2.46. The van der Waals surface area contributed by atoms with Gasteiger partial charge in [0.2, 0.25) is 0 Å². The van der Waals surface area contributed by atoms with E-state index in [0.717, 1.165) is 17.3 Å². The van der Waals surface area contributed by atoms with Crippen molar-refractivity contribution in [1.82, 2.24) is 10.6 Å². The molecule has 1 fully saturated rings. The first-order valence-corrected chi connectivity index (χ1v) is 10.4. The van der Waals surface area contributed by atoms with Crippen LogP contribution in [-0.4, -0.2) is 47.1 Å². The summed E-state index contributed by atoms with van der Waals surface area (Å²) in [6.07, 6.45) is 2.47. The van der Waals surface area contributed by atoms with Crippen LogP contribution in [0.1, 0.15) is 18.4 Å². The monoisotopic (exact) mass is 467 g/mol. The van der Waals surface area contributed by atoms with Gasteiger partial charge in [-0.2, -0.15) is 11.8 Å². The maximum absolute atomic E-state index is 12.1. The molecule has 7 heteroatoms. The summed E-state index contributed by atoms with van der Waals surface area (Å²) in [6.45, 7) is 0.680. The molecule has 2 N–H and O–H groups in total. The van der Waals surface area contributed by atoms with Crippen molar-refractivity contribution < 1.29 is 4.21 Å². The topological polar surface area (TPSA) is 53.5 Å². The fraction of sp³-hybridized carbons (Fsp3) is 0.562. The second-order valence-corrected chi connectivity index (χ2v) is 8.06. The van der Waals surface area contributed by atoms with Crippen molar-refractivity contribution in [3.05, 3.63) is 35.9 Å². The molecule has 2 atom stereocenters. The zero-order valence-corrected chi connectivity index (χ0v) is 17.5. The minimum atomic E-state index is -0.845. The first kappa shape index (κ1) is 20.8. The number of aliphatic imine (C=N–C) groups is 1. The predicted octanol–water partition coefficient (Wildman–Crippen LogP) is 2.61. The van der Waals surface area contributed by atoms with Crippen LogP contribution < -0.4 is 10.6 Å². The Bertz CT molecular complexity index is 493. The minimum absolute atomic E-state index is 0. The van der Waals surface area contributed by atoms with Crippen molar-refractivity contribution in [3.63, 3.8) is 0 Å². The van der Waals surface area contributed by atoms with Crippen molar-refractivity contribution in [2.24, 2.45) is 4.99 Å². The number of hydrogen-bond donors (Lipinski definition) is 2. The molecule has 4 nitrogen and oxygen atoms in total. The first-order valence-electron chi connectivity index (χ1n) is 7.72. The lowest BCUT2D eigenvalue weighted by molar-refractivity contribution is 0.583. The van der Waals surface area contributed by atoms with E-state index in [2.05, 4.69) is 15.6 Å². The summed E-state index contributed by atoms with van der Waals surface area (Å²) in [5.74, 6) is 4.48. The molecule has 0 aromatic heterocycles. The zero-order valence-electron chi connectivity index (χ0n) is 13.5. The highest BCUT2D eigenvalue weighted by molar-refractivity contribution is 14.0. The molecule has 0 aliphatic carbocycles. The van der Waals surface area contributed by atoms with Gasteiger partial charge in [0.1, 0.15) is 0 Å². The van der Waals surface area contributed by atoms with Crippen molar-refractivity contribution in [2.75, 3.05) is 30.9 Å². The van der Waals surface area contributed by atoms with E-state index in [4.69, 9.17) is 0 Å². The van der Waals surface area contributed by atoms with Crippen LogP contribution in [0.25, 0.3) is 0 Å². The third-order valence-corrected chi connectivity index (χ3v) is 6.05. The van der Waals surface area contributed by atoms with Gasteiger partial charge in [0, 0.05) is 47.7 Å². The number of hydrogen-bond acceptors (Lipinski definition) is 3. The highest BCUT2D eigenvalue weighted by Crippen LogP contribution is 2.16. The van der Waals surface area contributed by atoms with E-state index in [-0.39, 0.29) is 24.0 Å². The number of nitrogens with zero attached hydrogens (tertiary/aromatic N) is 1. The van der Waals surface area contributed by atoms with Gasteiger partial charge in [-0.3, -0.25) is 9.20 Å². The molecule has 0 bridgehead atoms. The van der Waals surface area contributed by atoms with Crippen LogP contribution in [0, 0.1) is 0 Å². The smallest absolute Gasteiger partial charge is 0.191 e. The van der Waals surface area contributed by atoms with Gasteiger partial charge in [-0.05, 0) is 24.2 Å². The standard InChI is InChI=1S/C16H25N3OS2.HI/c1-17-16(19-15-8-5-10-21-12-15)18-9-11-22(20)13-14-6-3-2-4-7-14;/h2-4,6-7,15H,5,8-13H2,1H3,(H2,17,18,19);1H. The van der Waals surface area contributed by atoms with E-state index < -0.39 is 10.8 Å². The summed E-state index contributed by atoms with van der Waals surface area (Å²) >= 11 is 1.99. The van der Waals surface area contributed by atoms with Crippen LogP contribution >= 0.6 is 35.7 Å². The molecule has 1 heterocycles. The van der Waals surface area contributed by atoms with Gasteiger partial charge in [-0.15, -0.1) is 24.0 Å². The molecule has 1 aliphatic rings. The van der Waals surface area contributed by atoms with E-state index >= 15 is 0 Å². The van der Waals surface area contributed by atoms with Gasteiger partial charge in [0.25, 0.3) is 0 Å². The molecule has 2 rings (SSSR count). The number of nitrogens with one attached hydrogen (secondary N) is 2. The second-order valence-electron chi connectivity index (χ2n) is 5.33. The van der Waals surface area contributed by atoms with Crippen LogP contribution in [0.4, 0.5) is 0 Å². The number of thioether (sulfide) groups is 1. The molecule has 1 aromatic rings. The summed E-state index contributed by atoms with van der Waals surface area (Å²) in [5, 5.41) is 6.72. The van der Waals surface area contributed by atoms with Gasteiger partial charge >= 0.3 is 0 Å². The van der Waals surface area contributed by atoms with Gasteiger partial charge in [-0.25, -0.2) is 0 Å². The van der Waals surface area contributed by atoms with E-state index in [1.54, 1.807) is 7.05 Å². The van der Waals surface area contributed by atoms with Crippen molar-refractivity contribution in [2.45, 2.75) is 24.6 Å². The third kappa shape index (κ3) is 8.39. The van der Waals surface area contributed by atoms with Crippen LogP contribution in [0.2, 0.25) is 0 Å². The Balaban J connectivity index is 0.00000264. The van der Waals surface area contributed by atoms with Gasteiger partial charge in [0.05, 0.1) is 0 Å². The SMILES string of the molecule is CN=C(NCCS(=O)Cc1ccccc1)NC1CCCSC1.I. The summed E-state index contributed by atoms with van der Waals surface area (Å²) in [7, 11) is 0.938. The molecule has 1 aromatic carbocycles. The Morgan fingerprint density at radius 2 is 2.17 bits per heavy atom. The Kier molecular flexibility index (Phi) is 11.0. The maximum Gasteiger partial charge on any atom is 0.191 e. The molecule has 0 saturated carbocycles. The summed E-state index contributed by atoms with van der Waals surface area (Å²) in [5.41, 5.74) is 1.13. The van der Waals surface area contributed by atoms with Crippen molar-refractivity contribution >= 4 is 52.5 Å². The fourth-order valence-electron chi connectivity index (χ4n) is 2.36. The normalized spacial score (nSPS) is 19.5. The molecule has 23 heavy (non-hydrogen) atoms. The second kappa shape index (κ2) is 12.1. The van der Waals surface area contributed by atoms with Crippen molar-refractivity contribution in [1.29, 1.82) is 0 Å². The minimum Gasteiger partial charge on any atom is -0.355 e. The Morgan fingerprint density at radius 3 is 2.83 bits per heavy atom. The Labute approximate surface area is 163 Å². The molecular formula is C16H26IN3OS2. The van der Waals surface area contributed by atoms with Gasteiger partial charge in [0.15, 0.2) is 5.96 Å². The average molecular weight is 467 g/mol. The molecule has 0 spiro atoms. The van der Waals surface area contributed by atoms with Crippen molar-refractivity contribution in [3.8, 4) is 0 Å². The molecule has 1 saturated heterocycles. The molecular weight excluding hydrogens is 441 g/mol. The number of guanidine groups is 1. The molecule has 1 aliphatic heterocycles. The predicted molar refractivity (Wildman–Crippen MR) is 113 cm³/mol. The average Bonchev–Trinajstić information content (AvgIpc) is 2.56. The third-order valence-electron chi connectivity index (χ3n) is 3.52. The number of halogens is 1. The summed E-state index contributed by atoms with van der Waals surface area (Å²) in [6, 6.07) is 10.5. The molecule has 0 amide bonds. The lowest BCUT2D eigenvalue weighted by atomic mass is 10.2. The maximum atomic E-state index is 12.1. The van der Waals surface area contributed by atoms with Gasteiger partial charge in [-0.1, -0.05) is 30.3 Å². The zero-order chi connectivity index (χ0) is 15.6. The van der Waals surface area contributed by atoms with E-state index in [1.807, 2.05) is 42.1 Å².